The van der Waals surface area contributed by atoms with Crippen molar-refractivity contribution >= 4 is 8.80 Å². The van der Waals surface area contributed by atoms with Gasteiger partial charge in [0.1, 0.15) is 0 Å². The molecule has 0 rings (SSSR count). The van der Waals surface area contributed by atoms with Crippen LogP contribution in [-0.4, -0.2) is 29.1 Å². The van der Waals surface area contributed by atoms with Gasteiger partial charge in [0, 0.05) is 26.4 Å². The minimum Gasteiger partial charge on any atom is -0.377 e. The van der Waals surface area contributed by atoms with Crippen molar-refractivity contribution in [2.24, 2.45) is 0 Å². The van der Waals surface area contributed by atoms with E-state index in [0.29, 0.717) is 6.61 Å². The quantitative estimate of drug-likeness (QED) is 0.442. The number of rotatable bonds is 9. The van der Waals surface area contributed by atoms with Gasteiger partial charge < -0.3 is 13.3 Å². The van der Waals surface area contributed by atoms with E-state index in [4.69, 9.17) is 13.3 Å². The summed E-state index contributed by atoms with van der Waals surface area (Å²) >= 11 is 0. The molecule has 0 bridgehead atoms. The molecule has 0 radical (unpaired) electrons. The Morgan fingerprint density at radius 1 is 1.00 bits per heavy atom. The molecular weight excluding hydrogens is 196 g/mol. The standard InChI is InChI=1S/C10H24O3Si/c1-5-8-9-13-14(11-4,10-6-2)12-7-3/h5-10H2,1-4H3. The van der Waals surface area contributed by atoms with Gasteiger partial charge in [-0.1, -0.05) is 26.7 Å². The van der Waals surface area contributed by atoms with Crippen LogP contribution in [0, 0.1) is 0 Å². The third-order valence-electron chi connectivity index (χ3n) is 2.05. The molecule has 0 heterocycles. The molecule has 0 aromatic heterocycles. The first-order valence-electron chi connectivity index (χ1n) is 5.57. The first-order chi connectivity index (χ1) is 6.74. The molecule has 0 fully saturated rings. The lowest BCUT2D eigenvalue weighted by Gasteiger charge is -2.27. The van der Waals surface area contributed by atoms with Gasteiger partial charge >= 0.3 is 8.80 Å². The monoisotopic (exact) mass is 220 g/mol. The smallest absolute Gasteiger partial charge is 0.377 e. The summed E-state index contributed by atoms with van der Waals surface area (Å²) in [5.74, 6) is 0. The molecule has 1 unspecified atom stereocenters. The van der Waals surface area contributed by atoms with E-state index in [2.05, 4.69) is 13.8 Å². The lowest BCUT2D eigenvalue weighted by molar-refractivity contribution is 0.0805. The summed E-state index contributed by atoms with van der Waals surface area (Å²) in [4.78, 5) is 0. The third-order valence-corrected chi connectivity index (χ3v) is 5.16. The van der Waals surface area contributed by atoms with E-state index in [9.17, 15) is 0 Å². The molecule has 0 amide bonds. The first-order valence-corrected chi connectivity index (χ1v) is 7.50. The van der Waals surface area contributed by atoms with Crippen LogP contribution in [0.25, 0.3) is 0 Å². The van der Waals surface area contributed by atoms with Crippen molar-refractivity contribution < 1.29 is 13.3 Å². The zero-order chi connectivity index (χ0) is 10.9. The van der Waals surface area contributed by atoms with Crippen LogP contribution in [0.15, 0.2) is 0 Å². The summed E-state index contributed by atoms with van der Waals surface area (Å²) in [5, 5.41) is 0. The SMILES string of the molecule is CCCCO[Si](CCC)(OC)OCC. The summed E-state index contributed by atoms with van der Waals surface area (Å²) < 4.78 is 16.9. The van der Waals surface area contributed by atoms with E-state index in [1.807, 2.05) is 6.92 Å². The second-order valence-electron chi connectivity index (χ2n) is 3.27. The number of hydrogen-bond acceptors (Lipinski definition) is 3. The van der Waals surface area contributed by atoms with Crippen molar-refractivity contribution in [3.8, 4) is 0 Å². The summed E-state index contributed by atoms with van der Waals surface area (Å²) in [6.07, 6.45) is 3.27. The lowest BCUT2D eigenvalue weighted by Crippen LogP contribution is -2.44. The summed E-state index contributed by atoms with van der Waals surface area (Å²) in [7, 11) is -0.609. The number of hydrogen-bond donors (Lipinski definition) is 0. The van der Waals surface area contributed by atoms with Gasteiger partial charge in [0.15, 0.2) is 0 Å². The molecule has 0 aliphatic rings. The fraction of sp³-hybridized carbons (Fsp3) is 1.00. The Hall–Kier alpha value is 0.0969. The highest BCUT2D eigenvalue weighted by Gasteiger charge is 2.38. The maximum absolute atomic E-state index is 5.79. The van der Waals surface area contributed by atoms with E-state index in [-0.39, 0.29) is 0 Å². The van der Waals surface area contributed by atoms with Crippen molar-refractivity contribution in [2.75, 3.05) is 20.3 Å². The molecule has 1 atom stereocenters. The van der Waals surface area contributed by atoms with Gasteiger partial charge in [-0.3, -0.25) is 0 Å². The van der Waals surface area contributed by atoms with E-state index in [0.717, 1.165) is 31.9 Å². The van der Waals surface area contributed by atoms with Crippen LogP contribution < -0.4 is 0 Å². The lowest BCUT2D eigenvalue weighted by atomic mass is 10.4. The predicted molar refractivity (Wildman–Crippen MR) is 60.3 cm³/mol. The van der Waals surface area contributed by atoms with Gasteiger partial charge in [0.2, 0.25) is 0 Å². The zero-order valence-corrected chi connectivity index (χ0v) is 11.0. The van der Waals surface area contributed by atoms with Gasteiger partial charge in [-0.2, -0.15) is 0 Å². The second kappa shape index (κ2) is 8.41. The van der Waals surface area contributed by atoms with Crippen LogP contribution in [0.1, 0.15) is 40.0 Å². The minimum atomic E-state index is -2.31. The van der Waals surface area contributed by atoms with Crippen molar-refractivity contribution in [3.05, 3.63) is 0 Å². The molecule has 0 aliphatic carbocycles. The fourth-order valence-corrected chi connectivity index (χ4v) is 3.62. The fourth-order valence-electron chi connectivity index (χ4n) is 1.30. The highest BCUT2D eigenvalue weighted by atomic mass is 28.4. The van der Waals surface area contributed by atoms with Gasteiger partial charge in [-0.05, 0) is 13.3 Å². The van der Waals surface area contributed by atoms with E-state index in [1.54, 1.807) is 7.11 Å². The Bertz CT molecular complexity index is 125. The van der Waals surface area contributed by atoms with Gasteiger partial charge in [0.25, 0.3) is 0 Å². The maximum Gasteiger partial charge on any atom is 0.500 e. The Morgan fingerprint density at radius 2 is 1.71 bits per heavy atom. The van der Waals surface area contributed by atoms with Crippen LogP contribution in [0.5, 0.6) is 0 Å². The summed E-state index contributed by atoms with van der Waals surface area (Å²) in [6, 6.07) is 0.918. The van der Waals surface area contributed by atoms with Gasteiger partial charge in [0.05, 0.1) is 0 Å². The van der Waals surface area contributed by atoms with Gasteiger partial charge in [-0.15, -0.1) is 0 Å². The molecule has 0 saturated heterocycles. The average molecular weight is 220 g/mol. The Kier molecular flexibility index (Phi) is 8.47. The minimum absolute atomic E-state index is 0.673. The molecule has 0 N–H and O–H groups in total. The molecule has 0 saturated carbocycles. The summed E-state index contributed by atoms with van der Waals surface area (Å²) in [6.45, 7) is 7.70. The van der Waals surface area contributed by atoms with Crippen LogP contribution >= 0.6 is 0 Å². The van der Waals surface area contributed by atoms with Crippen molar-refractivity contribution in [1.82, 2.24) is 0 Å². The average Bonchev–Trinajstić information content (AvgIpc) is 2.19. The molecule has 0 aliphatic heterocycles. The molecular formula is C10H24O3Si. The molecule has 86 valence electrons. The largest absolute Gasteiger partial charge is 0.500 e. The molecule has 0 aromatic carbocycles. The molecule has 0 spiro atoms. The molecule has 0 aromatic rings. The van der Waals surface area contributed by atoms with Gasteiger partial charge in [-0.25, -0.2) is 0 Å². The Morgan fingerprint density at radius 3 is 2.14 bits per heavy atom. The van der Waals surface area contributed by atoms with Crippen molar-refractivity contribution in [1.29, 1.82) is 0 Å². The Balaban J connectivity index is 4.03. The van der Waals surface area contributed by atoms with E-state index >= 15 is 0 Å². The van der Waals surface area contributed by atoms with E-state index in [1.165, 1.54) is 0 Å². The first kappa shape index (κ1) is 14.1. The molecule has 4 heteroatoms. The number of unbranched alkanes of at least 4 members (excludes halogenated alkanes) is 1. The second-order valence-corrected chi connectivity index (χ2v) is 6.12. The van der Waals surface area contributed by atoms with Crippen molar-refractivity contribution in [2.45, 2.75) is 46.1 Å². The van der Waals surface area contributed by atoms with Crippen LogP contribution in [-0.2, 0) is 13.3 Å². The topological polar surface area (TPSA) is 27.7 Å². The highest BCUT2D eigenvalue weighted by Crippen LogP contribution is 2.17. The van der Waals surface area contributed by atoms with Crippen molar-refractivity contribution in [3.63, 3.8) is 0 Å². The highest BCUT2D eigenvalue weighted by molar-refractivity contribution is 6.60. The maximum atomic E-state index is 5.79. The zero-order valence-electron chi connectivity index (χ0n) is 9.97. The van der Waals surface area contributed by atoms with Crippen LogP contribution in [0.2, 0.25) is 6.04 Å². The van der Waals surface area contributed by atoms with E-state index < -0.39 is 8.80 Å². The normalized spacial score (nSPS) is 15.4. The molecule has 3 nitrogen and oxygen atoms in total. The summed E-state index contributed by atoms with van der Waals surface area (Å²) in [5.41, 5.74) is 0. The van der Waals surface area contributed by atoms with Crippen LogP contribution in [0.3, 0.4) is 0 Å². The third kappa shape index (κ3) is 5.10. The van der Waals surface area contributed by atoms with Crippen LogP contribution in [0.4, 0.5) is 0 Å². The Labute approximate surface area is 89.1 Å². The molecule has 14 heavy (non-hydrogen) atoms. The predicted octanol–water partition coefficient (Wildman–Crippen LogP) is 2.83.